The Balaban J connectivity index is 3.54. The van der Waals surface area contributed by atoms with Gasteiger partial charge in [0.2, 0.25) is 5.91 Å². The van der Waals surface area contributed by atoms with Crippen LogP contribution in [0.4, 0.5) is 0 Å². The van der Waals surface area contributed by atoms with Crippen LogP contribution in [0.5, 0.6) is 0 Å². The van der Waals surface area contributed by atoms with E-state index in [1.165, 1.54) is 0 Å². The van der Waals surface area contributed by atoms with E-state index in [4.69, 9.17) is 11.6 Å². The number of hydrogen-bond acceptors (Lipinski definition) is 2. The highest BCUT2D eigenvalue weighted by Gasteiger charge is 2.07. The second-order valence-corrected chi connectivity index (χ2v) is 4.14. The Labute approximate surface area is 92.0 Å². The molecule has 0 heterocycles. The molecule has 1 amide bonds. The molecule has 0 saturated carbocycles. The standard InChI is InChI=1S/C10H21ClN2O/c1-12(2)8-9-13(3)10(14)6-4-5-7-11/h4-9H2,1-3H3. The van der Waals surface area contributed by atoms with Crippen LogP contribution < -0.4 is 0 Å². The van der Waals surface area contributed by atoms with E-state index < -0.39 is 0 Å². The van der Waals surface area contributed by atoms with Crippen molar-refractivity contribution in [2.45, 2.75) is 19.3 Å². The first-order chi connectivity index (χ1) is 6.57. The summed E-state index contributed by atoms with van der Waals surface area (Å²) < 4.78 is 0. The second-order valence-electron chi connectivity index (χ2n) is 3.76. The first-order valence-corrected chi connectivity index (χ1v) is 5.56. The van der Waals surface area contributed by atoms with E-state index in [1.807, 2.05) is 21.1 Å². The molecule has 0 aromatic rings. The van der Waals surface area contributed by atoms with Gasteiger partial charge in [-0.25, -0.2) is 0 Å². The minimum atomic E-state index is 0.219. The summed E-state index contributed by atoms with van der Waals surface area (Å²) in [5.74, 6) is 0.867. The largest absolute Gasteiger partial charge is 0.344 e. The molecule has 0 aliphatic heterocycles. The Morgan fingerprint density at radius 3 is 2.29 bits per heavy atom. The molecule has 0 aliphatic carbocycles. The minimum Gasteiger partial charge on any atom is -0.344 e. The summed E-state index contributed by atoms with van der Waals surface area (Å²) in [6, 6.07) is 0. The van der Waals surface area contributed by atoms with Crippen molar-refractivity contribution < 1.29 is 4.79 Å². The highest BCUT2D eigenvalue weighted by molar-refractivity contribution is 6.17. The molecule has 14 heavy (non-hydrogen) atoms. The molecule has 0 radical (unpaired) electrons. The molecule has 0 N–H and O–H groups in total. The molecule has 0 spiro atoms. The third-order valence-electron chi connectivity index (χ3n) is 2.08. The van der Waals surface area contributed by atoms with Crippen LogP contribution in [0.2, 0.25) is 0 Å². The molecule has 4 heteroatoms. The number of carbonyl (C=O) groups excluding carboxylic acids is 1. The summed E-state index contributed by atoms with van der Waals surface area (Å²) in [6.45, 7) is 1.71. The predicted octanol–water partition coefficient (Wildman–Crippen LogP) is 1.42. The van der Waals surface area contributed by atoms with Gasteiger partial charge in [0.1, 0.15) is 0 Å². The van der Waals surface area contributed by atoms with E-state index in [-0.39, 0.29) is 5.91 Å². The molecule has 0 fully saturated rings. The number of alkyl halides is 1. The van der Waals surface area contributed by atoms with Crippen LogP contribution in [0.3, 0.4) is 0 Å². The van der Waals surface area contributed by atoms with Gasteiger partial charge >= 0.3 is 0 Å². The maximum absolute atomic E-state index is 11.5. The van der Waals surface area contributed by atoms with Crippen LogP contribution in [0, 0.1) is 0 Å². The summed E-state index contributed by atoms with van der Waals surface area (Å²) in [5.41, 5.74) is 0. The maximum Gasteiger partial charge on any atom is 0.222 e. The Hall–Kier alpha value is -0.280. The molecular formula is C10H21ClN2O. The van der Waals surface area contributed by atoms with E-state index in [0.717, 1.165) is 25.9 Å². The molecule has 0 atom stereocenters. The van der Waals surface area contributed by atoms with Crippen molar-refractivity contribution in [2.24, 2.45) is 0 Å². The lowest BCUT2D eigenvalue weighted by Gasteiger charge is -2.19. The molecule has 0 aromatic heterocycles. The third-order valence-corrected chi connectivity index (χ3v) is 2.35. The highest BCUT2D eigenvalue weighted by Crippen LogP contribution is 2.00. The van der Waals surface area contributed by atoms with Crippen LogP contribution >= 0.6 is 11.6 Å². The van der Waals surface area contributed by atoms with Crippen LogP contribution in [0.15, 0.2) is 0 Å². The van der Waals surface area contributed by atoms with Gasteiger partial charge in [0.05, 0.1) is 0 Å². The molecule has 0 aromatic carbocycles. The van der Waals surface area contributed by atoms with Crippen molar-refractivity contribution >= 4 is 17.5 Å². The summed E-state index contributed by atoms with van der Waals surface area (Å²) in [7, 11) is 5.87. The Kier molecular flexibility index (Phi) is 7.90. The smallest absolute Gasteiger partial charge is 0.222 e. The SMILES string of the molecule is CN(C)CCN(C)C(=O)CCCCCl. The normalized spacial score (nSPS) is 10.6. The van der Waals surface area contributed by atoms with E-state index >= 15 is 0 Å². The van der Waals surface area contributed by atoms with Crippen molar-refractivity contribution in [2.75, 3.05) is 40.1 Å². The quantitative estimate of drug-likeness (QED) is 0.479. The molecule has 0 bridgehead atoms. The zero-order valence-electron chi connectivity index (χ0n) is 9.42. The average molecular weight is 221 g/mol. The topological polar surface area (TPSA) is 23.6 Å². The molecule has 3 nitrogen and oxygen atoms in total. The van der Waals surface area contributed by atoms with Gasteiger partial charge in [-0.05, 0) is 26.9 Å². The molecule has 0 aliphatic rings. The van der Waals surface area contributed by atoms with Gasteiger partial charge in [0, 0.05) is 32.4 Å². The van der Waals surface area contributed by atoms with E-state index in [1.54, 1.807) is 4.90 Å². The van der Waals surface area contributed by atoms with E-state index in [2.05, 4.69) is 4.90 Å². The maximum atomic E-state index is 11.5. The lowest BCUT2D eigenvalue weighted by atomic mass is 10.2. The Morgan fingerprint density at radius 1 is 1.14 bits per heavy atom. The highest BCUT2D eigenvalue weighted by atomic mass is 35.5. The van der Waals surface area contributed by atoms with Gasteiger partial charge in [-0.1, -0.05) is 0 Å². The fourth-order valence-corrected chi connectivity index (χ4v) is 1.23. The fraction of sp³-hybridized carbons (Fsp3) is 0.900. The summed E-state index contributed by atoms with van der Waals surface area (Å²) in [5, 5.41) is 0. The number of hydrogen-bond donors (Lipinski definition) is 0. The number of carbonyl (C=O) groups is 1. The van der Waals surface area contributed by atoms with Gasteiger partial charge in [-0.2, -0.15) is 0 Å². The predicted molar refractivity (Wildman–Crippen MR) is 60.8 cm³/mol. The molecular weight excluding hydrogens is 200 g/mol. The van der Waals surface area contributed by atoms with Gasteiger partial charge in [-0.15, -0.1) is 11.6 Å². The number of nitrogens with zero attached hydrogens (tertiary/aromatic N) is 2. The first-order valence-electron chi connectivity index (χ1n) is 5.02. The number of halogens is 1. The molecule has 0 rings (SSSR count). The first kappa shape index (κ1) is 13.7. The number of amides is 1. The van der Waals surface area contributed by atoms with Crippen molar-refractivity contribution in [3.63, 3.8) is 0 Å². The molecule has 0 saturated heterocycles. The van der Waals surface area contributed by atoms with Gasteiger partial charge < -0.3 is 9.80 Å². The van der Waals surface area contributed by atoms with E-state index in [0.29, 0.717) is 12.3 Å². The average Bonchev–Trinajstić information content (AvgIpc) is 2.14. The van der Waals surface area contributed by atoms with Gasteiger partial charge in [0.15, 0.2) is 0 Å². The lowest BCUT2D eigenvalue weighted by Crippen LogP contribution is -2.33. The van der Waals surface area contributed by atoms with Crippen LogP contribution in [0.25, 0.3) is 0 Å². The minimum absolute atomic E-state index is 0.219. The van der Waals surface area contributed by atoms with Crippen molar-refractivity contribution in [1.29, 1.82) is 0 Å². The number of unbranched alkanes of at least 4 members (excludes halogenated alkanes) is 1. The number of likely N-dealkylation sites (N-methyl/N-ethyl adjacent to an activating group) is 2. The number of rotatable bonds is 7. The fourth-order valence-electron chi connectivity index (χ4n) is 1.04. The van der Waals surface area contributed by atoms with Gasteiger partial charge in [0.25, 0.3) is 0 Å². The zero-order valence-corrected chi connectivity index (χ0v) is 10.2. The zero-order chi connectivity index (χ0) is 11.0. The van der Waals surface area contributed by atoms with Crippen LogP contribution in [0.1, 0.15) is 19.3 Å². The van der Waals surface area contributed by atoms with Crippen molar-refractivity contribution in [3.05, 3.63) is 0 Å². The van der Waals surface area contributed by atoms with Crippen LogP contribution in [-0.4, -0.2) is 55.8 Å². The van der Waals surface area contributed by atoms with Crippen LogP contribution in [-0.2, 0) is 4.79 Å². The third kappa shape index (κ3) is 7.15. The van der Waals surface area contributed by atoms with Crippen molar-refractivity contribution in [1.82, 2.24) is 9.80 Å². The second kappa shape index (κ2) is 8.06. The summed E-state index contributed by atoms with van der Waals surface area (Å²) >= 11 is 5.54. The monoisotopic (exact) mass is 220 g/mol. The summed E-state index contributed by atoms with van der Waals surface area (Å²) in [4.78, 5) is 15.4. The van der Waals surface area contributed by atoms with Crippen molar-refractivity contribution in [3.8, 4) is 0 Å². The van der Waals surface area contributed by atoms with Gasteiger partial charge in [-0.3, -0.25) is 4.79 Å². The molecule has 84 valence electrons. The lowest BCUT2D eigenvalue weighted by molar-refractivity contribution is -0.130. The Morgan fingerprint density at radius 2 is 1.79 bits per heavy atom. The summed E-state index contributed by atoms with van der Waals surface area (Å²) in [6.07, 6.45) is 2.44. The van der Waals surface area contributed by atoms with E-state index in [9.17, 15) is 4.79 Å². The molecule has 0 unspecified atom stereocenters. The Bertz CT molecular complexity index is 162.